The number of alkyl halides is 1. The molecule has 0 atom stereocenters. The minimum absolute atomic E-state index is 0.248. The Morgan fingerprint density at radius 2 is 1.42 bits per heavy atom. The topological polar surface area (TPSA) is 18.5 Å². The zero-order chi connectivity index (χ0) is 9.78. The van der Waals surface area contributed by atoms with Gasteiger partial charge in [0, 0.05) is 17.2 Å². The molecule has 0 rings (SSSR count). The van der Waals surface area contributed by atoms with Crippen LogP contribution in [0.5, 0.6) is 0 Å². The second kappa shape index (κ2) is 5.37. The van der Waals surface area contributed by atoms with E-state index in [0.29, 0.717) is 0 Å². The highest BCUT2D eigenvalue weighted by atomic mass is 79.9. The van der Waals surface area contributed by atoms with E-state index < -0.39 is 8.56 Å². The van der Waals surface area contributed by atoms with Crippen LogP contribution in [0.3, 0.4) is 0 Å². The molecular formula is C8H19BrO2Si. The first kappa shape index (κ1) is 12.6. The van der Waals surface area contributed by atoms with E-state index in [1.165, 1.54) is 0 Å². The fourth-order valence-corrected chi connectivity index (χ4v) is 4.06. The molecule has 12 heavy (non-hydrogen) atoms. The standard InChI is InChI=1S/C8H19BrO2Si/c1-7(2)10-12(5,6-9)11-8(3)4/h7-8H,6H2,1-5H3. The van der Waals surface area contributed by atoms with Gasteiger partial charge in [-0.25, -0.2) is 0 Å². The summed E-state index contributed by atoms with van der Waals surface area (Å²) in [5.74, 6) is 0. The molecule has 0 aliphatic heterocycles. The predicted molar refractivity (Wildman–Crippen MR) is 57.9 cm³/mol. The zero-order valence-corrected chi connectivity index (χ0v) is 11.1. The van der Waals surface area contributed by atoms with E-state index in [4.69, 9.17) is 8.85 Å². The normalized spacial score (nSPS) is 13.0. The van der Waals surface area contributed by atoms with E-state index in [1.807, 2.05) is 27.7 Å². The highest BCUT2D eigenvalue weighted by Gasteiger charge is 2.32. The van der Waals surface area contributed by atoms with Gasteiger partial charge in [-0.2, -0.15) is 0 Å². The monoisotopic (exact) mass is 254 g/mol. The lowest BCUT2D eigenvalue weighted by atomic mass is 10.5. The third-order valence-electron chi connectivity index (χ3n) is 1.21. The van der Waals surface area contributed by atoms with Gasteiger partial charge in [0.15, 0.2) is 0 Å². The van der Waals surface area contributed by atoms with Gasteiger partial charge in [-0.3, -0.25) is 0 Å². The third kappa shape index (κ3) is 5.30. The first-order valence-electron chi connectivity index (χ1n) is 4.31. The summed E-state index contributed by atoms with van der Waals surface area (Å²) in [6, 6.07) is 0. The second-order valence-corrected chi connectivity index (χ2v) is 8.29. The predicted octanol–water partition coefficient (Wildman–Crippen LogP) is 2.84. The van der Waals surface area contributed by atoms with Gasteiger partial charge in [0.05, 0.1) is 0 Å². The second-order valence-electron chi connectivity index (χ2n) is 3.60. The maximum atomic E-state index is 5.77. The first-order chi connectivity index (χ1) is 5.39. The lowest BCUT2D eigenvalue weighted by Gasteiger charge is -2.29. The molecule has 0 N–H and O–H groups in total. The van der Waals surface area contributed by atoms with Gasteiger partial charge in [-0.1, -0.05) is 15.9 Å². The number of hydrogen-bond donors (Lipinski definition) is 0. The Labute approximate surface area is 85.0 Å². The van der Waals surface area contributed by atoms with Crippen LogP contribution in [0.2, 0.25) is 6.55 Å². The molecular weight excluding hydrogens is 236 g/mol. The van der Waals surface area contributed by atoms with Crippen molar-refractivity contribution < 1.29 is 8.85 Å². The van der Waals surface area contributed by atoms with Gasteiger partial charge >= 0.3 is 8.56 Å². The van der Waals surface area contributed by atoms with Gasteiger partial charge in [-0.15, -0.1) is 0 Å². The highest BCUT2D eigenvalue weighted by Crippen LogP contribution is 2.15. The zero-order valence-electron chi connectivity index (χ0n) is 8.56. The largest absolute Gasteiger partial charge is 0.391 e. The molecule has 0 bridgehead atoms. The molecule has 74 valence electrons. The minimum atomic E-state index is -1.93. The third-order valence-corrected chi connectivity index (χ3v) is 6.69. The van der Waals surface area contributed by atoms with Gasteiger partial charge in [0.2, 0.25) is 0 Å². The summed E-state index contributed by atoms with van der Waals surface area (Å²) >= 11 is 3.44. The summed E-state index contributed by atoms with van der Waals surface area (Å²) in [7, 11) is -1.93. The summed E-state index contributed by atoms with van der Waals surface area (Å²) in [4.78, 5) is 0.830. The van der Waals surface area contributed by atoms with Gasteiger partial charge < -0.3 is 8.85 Å². The molecule has 2 nitrogen and oxygen atoms in total. The van der Waals surface area contributed by atoms with Crippen LogP contribution < -0.4 is 0 Å². The Bertz CT molecular complexity index is 118. The molecule has 0 heterocycles. The van der Waals surface area contributed by atoms with E-state index in [1.54, 1.807) is 0 Å². The number of hydrogen-bond acceptors (Lipinski definition) is 2. The van der Waals surface area contributed by atoms with Crippen LogP contribution in [0.4, 0.5) is 0 Å². The Hall–Kier alpha value is 0.617. The van der Waals surface area contributed by atoms with Crippen LogP contribution in [-0.4, -0.2) is 25.7 Å². The summed E-state index contributed by atoms with van der Waals surface area (Å²) in [6.07, 6.45) is 0.496. The smallest absolute Gasteiger partial charge is 0.346 e. The number of rotatable bonds is 5. The molecule has 0 aromatic heterocycles. The van der Waals surface area contributed by atoms with Crippen molar-refractivity contribution in [3.05, 3.63) is 0 Å². The van der Waals surface area contributed by atoms with E-state index >= 15 is 0 Å². The molecule has 0 fully saturated rings. The van der Waals surface area contributed by atoms with Crippen molar-refractivity contribution in [3.63, 3.8) is 0 Å². The van der Waals surface area contributed by atoms with Crippen molar-refractivity contribution in [2.75, 3.05) is 4.95 Å². The molecule has 0 unspecified atom stereocenters. The Kier molecular flexibility index (Phi) is 5.65. The minimum Gasteiger partial charge on any atom is -0.391 e. The molecule has 4 heteroatoms. The van der Waals surface area contributed by atoms with Crippen LogP contribution in [0.15, 0.2) is 0 Å². The molecule has 0 aromatic rings. The molecule has 0 radical (unpaired) electrons. The van der Waals surface area contributed by atoms with E-state index in [9.17, 15) is 0 Å². The van der Waals surface area contributed by atoms with Gasteiger partial charge in [0.1, 0.15) is 0 Å². The Balaban J connectivity index is 4.04. The van der Waals surface area contributed by atoms with Crippen LogP contribution in [0.25, 0.3) is 0 Å². The summed E-state index contributed by atoms with van der Waals surface area (Å²) < 4.78 is 11.5. The van der Waals surface area contributed by atoms with Crippen molar-refractivity contribution >= 4 is 24.5 Å². The van der Waals surface area contributed by atoms with Gasteiger partial charge in [0.25, 0.3) is 0 Å². The maximum absolute atomic E-state index is 5.77. The maximum Gasteiger partial charge on any atom is 0.346 e. The Morgan fingerprint density at radius 3 is 1.58 bits per heavy atom. The summed E-state index contributed by atoms with van der Waals surface area (Å²) in [6.45, 7) is 10.2. The molecule has 0 aliphatic carbocycles. The number of halogens is 1. The Morgan fingerprint density at radius 1 is 1.08 bits per heavy atom. The lowest BCUT2D eigenvalue weighted by molar-refractivity contribution is 0.114. The average Bonchev–Trinajstić information content (AvgIpc) is 1.83. The summed E-state index contributed by atoms with van der Waals surface area (Å²) in [5.41, 5.74) is 0. The molecule has 0 saturated carbocycles. The van der Waals surface area contributed by atoms with Gasteiger partial charge in [-0.05, 0) is 34.2 Å². The molecule has 0 saturated heterocycles. The van der Waals surface area contributed by atoms with Crippen molar-refractivity contribution in [1.82, 2.24) is 0 Å². The van der Waals surface area contributed by atoms with E-state index in [0.717, 1.165) is 4.95 Å². The van der Waals surface area contributed by atoms with Crippen LogP contribution in [-0.2, 0) is 8.85 Å². The van der Waals surface area contributed by atoms with Crippen LogP contribution in [0, 0.1) is 0 Å². The van der Waals surface area contributed by atoms with Crippen LogP contribution in [0.1, 0.15) is 27.7 Å². The highest BCUT2D eigenvalue weighted by molar-refractivity contribution is 9.09. The quantitative estimate of drug-likeness (QED) is 0.555. The van der Waals surface area contributed by atoms with Crippen LogP contribution >= 0.6 is 15.9 Å². The molecule has 0 spiro atoms. The SMILES string of the molecule is CC(C)O[Si](C)(CBr)OC(C)C. The summed E-state index contributed by atoms with van der Waals surface area (Å²) in [5, 5.41) is 0. The average molecular weight is 255 g/mol. The van der Waals surface area contributed by atoms with E-state index in [2.05, 4.69) is 22.5 Å². The molecule has 0 aliphatic rings. The molecule has 0 aromatic carbocycles. The van der Waals surface area contributed by atoms with E-state index in [-0.39, 0.29) is 12.2 Å². The first-order valence-corrected chi connectivity index (χ1v) is 7.95. The van der Waals surface area contributed by atoms with Crippen molar-refractivity contribution in [1.29, 1.82) is 0 Å². The molecule has 0 amide bonds. The fraction of sp³-hybridized carbons (Fsp3) is 1.00. The van der Waals surface area contributed by atoms with Crippen molar-refractivity contribution in [2.45, 2.75) is 46.4 Å². The fourth-order valence-electron chi connectivity index (χ4n) is 1.09. The van der Waals surface area contributed by atoms with Crippen molar-refractivity contribution in [3.8, 4) is 0 Å². The lowest BCUT2D eigenvalue weighted by Crippen LogP contribution is -2.45. The van der Waals surface area contributed by atoms with Crippen molar-refractivity contribution in [2.24, 2.45) is 0 Å².